The van der Waals surface area contributed by atoms with Crippen LogP contribution >= 0.6 is 0 Å². The highest BCUT2D eigenvalue weighted by Crippen LogP contribution is 2.45. The van der Waals surface area contributed by atoms with Crippen LogP contribution in [-0.2, 0) is 14.6 Å². The van der Waals surface area contributed by atoms with Crippen LogP contribution in [0.2, 0.25) is 0 Å². The Morgan fingerprint density at radius 3 is 1.76 bits per heavy atom. The van der Waals surface area contributed by atoms with E-state index in [1.165, 1.54) is 0 Å². The standard InChI is InChI=1S/C28H25NO3S/c1-3-20-28(21-4-2,33(30,31)24-18-12-7-13-19-24)27-29-25(22-14-8-5-9-15-22)26(32-27)23-16-10-6-11-17-23/h3-19H,1-2,20-21H2. The molecule has 0 N–H and O–H groups in total. The van der Waals surface area contributed by atoms with E-state index in [0.717, 1.165) is 11.1 Å². The summed E-state index contributed by atoms with van der Waals surface area (Å²) in [5, 5.41) is 0. The van der Waals surface area contributed by atoms with Gasteiger partial charge in [0.1, 0.15) is 5.69 Å². The van der Waals surface area contributed by atoms with E-state index in [2.05, 4.69) is 13.2 Å². The largest absolute Gasteiger partial charge is 0.438 e. The Labute approximate surface area is 194 Å². The second-order valence-electron chi connectivity index (χ2n) is 7.73. The van der Waals surface area contributed by atoms with Crippen molar-refractivity contribution in [1.29, 1.82) is 0 Å². The zero-order valence-electron chi connectivity index (χ0n) is 18.2. The fourth-order valence-corrected chi connectivity index (χ4v) is 5.93. The predicted molar refractivity (Wildman–Crippen MR) is 132 cm³/mol. The molecular weight excluding hydrogens is 430 g/mol. The van der Waals surface area contributed by atoms with Crippen molar-refractivity contribution in [3.05, 3.63) is 122 Å². The van der Waals surface area contributed by atoms with Crippen molar-refractivity contribution in [1.82, 2.24) is 4.98 Å². The van der Waals surface area contributed by atoms with Crippen molar-refractivity contribution in [3.63, 3.8) is 0 Å². The Kier molecular flexibility index (Phi) is 6.43. The summed E-state index contributed by atoms with van der Waals surface area (Å²) in [6.45, 7) is 7.68. The van der Waals surface area contributed by atoms with Gasteiger partial charge in [-0.1, -0.05) is 91.0 Å². The molecule has 5 heteroatoms. The molecule has 0 atom stereocenters. The van der Waals surface area contributed by atoms with E-state index < -0.39 is 14.6 Å². The number of nitrogens with zero attached hydrogens (tertiary/aromatic N) is 1. The molecule has 0 bridgehead atoms. The SMILES string of the molecule is C=CCC(CC=C)(c1nc(-c2ccccc2)c(-c2ccccc2)o1)S(=O)(=O)c1ccccc1. The molecule has 3 aromatic carbocycles. The highest BCUT2D eigenvalue weighted by molar-refractivity contribution is 7.92. The number of allylic oxidation sites excluding steroid dienone is 2. The third-order valence-corrected chi connectivity index (χ3v) is 8.05. The van der Waals surface area contributed by atoms with E-state index in [-0.39, 0.29) is 23.6 Å². The monoisotopic (exact) mass is 455 g/mol. The minimum absolute atomic E-state index is 0.124. The Morgan fingerprint density at radius 2 is 1.24 bits per heavy atom. The first-order chi connectivity index (χ1) is 16.0. The minimum atomic E-state index is -3.91. The maximum absolute atomic E-state index is 14.0. The molecule has 0 aliphatic carbocycles. The maximum Gasteiger partial charge on any atom is 0.218 e. The lowest BCUT2D eigenvalue weighted by Crippen LogP contribution is -2.35. The zero-order chi connectivity index (χ0) is 23.3. The lowest BCUT2D eigenvalue weighted by atomic mass is 10.00. The highest BCUT2D eigenvalue weighted by atomic mass is 32.2. The fraction of sp³-hybridized carbons (Fsp3) is 0.107. The van der Waals surface area contributed by atoms with E-state index in [1.807, 2.05) is 60.7 Å². The van der Waals surface area contributed by atoms with Crippen molar-refractivity contribution >= 4 is 9.84 Å². The minimum Gasteiger partial charge on any atom is -0.438 e. The van der Waals surface area contributed by atoms with Gasteiger partial charge in [0.25, 0.3) is 0 Å². The van der Waals surface area contributed by atoms with Gasteiger partial charge in [0.2, 0.25) is 5.89 Å². The summed E-state index contributed by atoms with van der Waals surface area (Å²) in [6.07, 6.45) is 3.44. The van der Waals surface area contributed by atoms with E-state index >= 15 is 0 Å². The predicted octanol–water partition coefficient (Wildman–Crippen LogP) is 6.83. The molecule has 0 spiro atoms. The number of hydrogen-bond donors (Lipinski definition) is 0. The van der Waals surface area contributed by atoms with Crippen molar-refractivity contribution in [3.8, 4) is 22.6 Å². The molecule has 0 saturated carbocycles. The Morgan fingerprint density at radius 1 is 0.758 bits per heavy atom. The molecule has 4 nitrogen and oxygen atoms in total. The fourth-order valence-electron chi connectivity index (χ4n) is 3.98. The zero-order valence-corrected chi connectivity index (χ0v) is 19.0. The summed E-state index contributed by atoms with van der Waals surface area (Å²) < 4.78 is 32.9. The second-order valence-corrected chi connectivity index (χ2v) is 9.98. The van der Waals surface area contributed by atoms with Crippen LogP contribution in [0.4, 0.5) is 0 Å². The highest BCUT2D eigenvalue weighted by Gasteiger charge is 2.49. The van der Waals surface area contributed by atoms with Gasteiger partial charge >= 0.3 is 0 Å². The summed E-state index contributed by atoms with van der Waals surface area (Å²) in [4.78, 5) is 5.02. The smallest absolute Gasteiger partial charge is 0.218 e. The number of rotatable bonds is 9. The number of aromatic nitrogens is 1. The van der Waals surface area contributed by atoms with Gasteiger partial charge in [-0.15, -0.1) is 13.2 Å². The molecule has 33 heavy (non-hydrogen) atoms. The summed E-state index contributed by atoms with van der Waals surface area (Å²) in [6, 6.07) is 27.6. The molecule has 0 amide bonds. The van der Waals surface area contributed by atoms with Crippen LogP contribution in [0.5, 0.6) is 0 Å². The van der Waals surface area contributed by atoms with E-state index in [9.17, 15) is 8.42 Å². The average Bonchev–Trinajstić information content (AvgIpc) is 3.31. The first-order valence-electron chi connectivity index (χ1n) is 10.7. The Balaban J connectivity index is 2.02. The normalized spacial score (nSPS) is 11.8. The summed E-state index contributed by atoms with van der Waals surface area (Å²) in [7, 11) is -3.91. The molecule has 0 aliphatic rings. The third kappa shape index (κ3) is 4.08. The van der Waals surface area contributed by atoms with Crippen LogP contribution in [0.1, 0.15) is 18.7 Å². The average molecular weight is 456 g/mol. The van der Waals surface area contributed by atoms with Gasteiger partial charge in [-0.25, -0.2) is 13.4 Å². The Bertz CT molecular complexity index is 1280. The van der Waals surface area contributed by atoms with Crippen LogP contribution in [0.3, 0.4) is 0 Å². The number of oxazole rings is 1. The lowest BCUT2D eigenvalue weighted by Gasteiger charge is -2.28. The number of benzene rings is 3. The van der Waals surface area contributed by atoms with Gasteiger partial charge in [-0.2, -0.15) is 0 Å². The van der Waals surface area contributed by atoms with Crippen molar-refractivity contribution < 1.29 is 12.8 Å². The molecule has 0 aliphatic heterocycles. The molecule has 0 saturated heterocycles. The van der Waals surface area contributed by atoms with Crippen LogP contribution in [-0.4, -0.2) is 13.4 Å². The van der Waals surface area contributed by atoms with Gasteiger partial charge < -0.3 is 4.42 Å². The van der Waals surface area contributed by atoms with Gasteiger partial charge in [0.05, 0.1) is 4.90 Å². The maximum atomic E-state index is 14.0. The molecule has 166 valence electrons. The molecule has 4 aromatic rings. The number of sulfone groups is 1. The van der Waals surface area contributed by atoms with E-state index in [4.69, 9.17) is 9.40 Å². The summed E-state index contributed by atoms with van der Waals surface area (Å²) in [5.74, 6) is 0.654. The topological polar surface area (TPSA) is 60.2 Å². The van der Waals surface area contributed by atoms with Crippen LogP contribution in [0, 0.1) is 0 Å². The van der Waals surface area contributed by atoms with Crippen LogP contribution in [0.15, 0.2) is 126 Å². The quantitative estimate of drug-likeness (QED) is 0.260. The van der Waals surface area contributed by atoms with Crippen LogP contribution < -0.4 is 0 Å². The van der Waals surface area contributed by atoms with Gasteiger partial charge in [0.15, 0.2) is 20.3 Å². The molecule has 0 fully saturated rings. The molecular formula is C28H25NO3S. The van der Waals surface area contributed by atoms with Crippen LogP contribution in [0.25, 0.3) is 22.6 Å². The van der Waals surface area contributed by atoms with Gasteiger partial charge in [0, 0.05) is 11.1 Å². The first-order valence-corrected chi connectivity index (χ1v) is 12.2. The van der Waals surface area contributed by atoms with Crippen molar-refractivity contribution in [2.75, 3.05) is 0 Å². The second kappa shape index (κ2) is 9.43. The molecule has 1 aromatic heterocycles. The third-order valence-electron chi connectivity index (χ3n) is 5.62. The molecule has 1 heterocycles. The van der Waals surface area contributed by atoms with Gasteiger partial charge in [-0.05, 0) is 25.0 Å². The van der Waals surface area contributed by atoms with E-state index in [0.29, 0.717) is 11.5 Å². The Hall–Kier alpha value is -3.70. The molecule has 0 radical (unpaired) electrons. The number of hydrogen-bond acceptors (Lipinski definition) is 4. The van der Waals surface area contributed by atoms with Crippen molar-refractivity contribution in [2.24, 2.45) is 0 Å². The van der Waals surface area contributed by atoms with Crippen molar-refractivity contribution in [2.45, 2.75) is 22.5 Å². The van der Waals surface area contributed by atoms with E-state index in [1.54, 1.807) is 42.5 Å². The van der Waals surface area contributed by atoms with Gasteiger partial charge in [-0.3, -0.25) is 0 Å². The lowest BCUT2D eigenvalue weighted by molar-refractivity contribution is 0.405. The first kappa shape index (κ1) is 22.5. The molecule has 0 unspecified atom stereocenters. The molecule has 4 rings (SSSR count). The summed E-state index contributed by atoms with van der Waals surface area (Å²) in [5.41, 5.74) is 2.26. The summed E-state index contributed by atoms with van der Waals surface area (Å²) >= 11 is 0.